The molecule has 1 fully saturated rings. The smallest absolute Gasteiger partial charge is 0.306 e. The van der Waals surface area contributed by atoms with Gasteiger partial charge in [-0.25, -0.2) is 0 Å². The van der Waals surface area contributed by atoms with E-state index in [-0.39, 0.29) is 12.1 Å². The number of carbonyl (C=O) groups is 1. The van der Waals surface area contributed by atoms with E-state index < -0.39 is 0 Å². The lowest BCUT2D eigenvalue weighted by atomic mass is 10.3. The second-order valence-corrected chi connectivity index (χ2v) is 2.20. The number of carbonyl (C=O) groups excluding carboxylic acids is 1. The number of ether oxygens (including phenoxy) is 1. The number of hydrogen-bond donors (Lipinski definition) is 1. The molecule has 0 aromatic rings. The van der Waals surface area contributed by atoms with Crippen LogP contribution in [0.3, 0.4) is 0 Å². The number of thiol groups is 1. The van der Waals surface area contributed by atoms with Crippen molar-refractivity contribution in [2.45, 2.75) is 18.9 Å². The van der Waals surface area contributed by atoms with E-state index in [9.17, 15) is 4.79 Å². The Morgan fingerprint density at radius 2 is 2.62 bits per heavy atom. The predicted molar refractivity (Wildman–Crippen MR) is 33.0 cm³/mol. The zero-order valence-corrected chi connectivity index (χ0v) is 5.36. The Labute approximate surface area is 53.6 Å². The maximum absolute atomic E-state index is 10.4. The van der Waals surface area contributed by atoms with Crippen molar-refractivity contribution in [3.8, 4) is 0 Å². The Bertz CT molecular complexity index is 103. The summed E-state index contributed by atoms with van der Waals surface area (Å²) in [5.74, 6) is 0.579. The van der Waals surface area contributed by atoms with Crippen LogP contribution >= 0.6 is 12.6 Å². The fourth-order valence-corrected chi connectivity index (χ4v) is 0.968. The molecule has 1 saturated heterocycles. The number of hydrogen-bond acceptors (Lipinski definition) is 3. The largest absolute Gasteiger partial charge is 0.461 e. The first-order valence-corrected chi connectivity index (χ1v) is 3.26. The van der Waals surface area contributed by atoms with Crippen molar-refractivity contribution in [3.05, 3.63) is 0 Å². The van der Waals surface area contributed by atoms with Crippen LogP contribution in [0, 0.1) is 0 Å². The lowest BCUT2D eigenvalue weighted by Gasteiger charge is -2.01. The zero-order valence-electron chi connectivity index (χ0n) is 4.46. The van der Waals surface area contributed by atoms with Gasteiger partial charge in [0.15, 0.2) is 0 Å². The fourth-order valence-electron chi connectivity index (χ4n) is 0.711. The molecule has 0 N–H and O–H groups in total. The molecule has 2 nitrogen and oxygen atoms in total. The van der Waals surface area contributed by atoms with Crippen molar-refractivity contribution in [2.75, 3.05) is 5.75 Å². The molecule has 1 atom stereocenters. The molecule has 1 aliphatic rings. The van der Waals surface area contributed by atoms with Crippen LogP contribution in [0.2, 0.25) is 0 Å². The van der Waals surface area contributed by atoms with Gasteiger partial charge >= 0.3 is 5.97 Å². The molecule has 0 aromatic heterocycles. The van der Waals surface area contributed by atoms with Crippen LogP contribution in [0.25, 0.3) is 0 Å². The lowest BCUT2D eigenvalue weighted by Crippen LogP contribution is -2.07. The average molecular weight is 132 g/mol. The number of rotatable bonds is 1. The summed E-state index contributed by atoms with van der Waals surface area (Å²) in [6.07, 6.45) is 1.51. The quantitative estimate of drug-likeness (QED) is 0.418. The van der Waals surface area contributed by atoms with Crippen LogP contribution in [0.15, 0.2) is 0 Å². The Morgan fingerprint density at radius 3 is 2.88 bits per heavy atom. The second kappa shape index (κ2) is 2.40. The summed E-state index contributed by atoms with van der Waals surface area (Å²) in [6.45, 7) is 0. The minimum absolute atomic E-state index is 0.0796. The zero-order chi connectivity index (χ0) is 5.98. The Hall–Kier alpha value is -0.180. The van der Waals surface area contributed by atoms with E-state index in [2.05, 4.69) is 12.6 Å². The molecule has 0 spiro atoms. The molecular formula is C5H8O2S. The number of esters is 1. The molecule has 0 saturated carbocycles. The fraction of sp³-hybridized carbons (Fsp3) is 0.800. The third kappa shape index (κ3) is 1.15. The molecule has 1 rings (SSSR count). The van der Waals surface area contributed by atoms with Gasteiger partial charge in [0.05, 0.1) is 0 Å². The summed E-state index contributed by atoms with van der Waals surface area (Å²) >= 11 is 3.98. The van der Waals surface area contributed by atoms with E-state index >= 15 is 0 Å². The molecule has 0 aromatic carbocycles. The van der Waals surface area contributed by atoms with Gasteiger partial charge in [-0.15, -0.1) is 0 Å². The molecule has 0 amide bonds. The Morgan fingerprint density at radius 1 is 1.88 bits per heavy atom. The predicted octanol–water partition coefficient (Wildman–Crippen LogP) is 0.622. The topological polar surface area (TPSA) is 26.3 Å². The molecule has 1 heterocycles. The maximum Gasteiger partial charge on any atom is 0.306 e. The average Bonchev–Trinajstić information content (AvgIpc) is 2.14. The number of cyclic esters (lactones) is 1. The van der Waals surface area contributed by atoms with E-state index in [4.69, 9.17) is 4.74 Å². The Balaban J connectivity index is 2.32. The highest BCUT2D eigenvalue weighted by Crippen LogP contribution is 2.13. The van der Waals surface area contributed by atoms with Crippen molar-refractivity contribution in [2.24, 2.45) is 0 Å². The lowest BCUT2D eigenvalue weighted by molar-refractivity contribution is -0.140. The second-order valence-electron chi connectivity index (χ2n) is 1.83. The van der Waals surface area contributed by atoms with Gasteiger partial charge in [-0.1, -0.05) is 0 Å². The van der Waals surface area contributed by atoms with Crippen LogP contribution < -0.4 is 0 Å². The van der Waals surface area contributed by atoms with Crippen LogP contribution in [-0.2, 0) is 9.53 Å². The first-order chi connectivity index (χ1) is 3.83. The minimum Gasteiger partial charge on any atom is -0.461 e. The van der Waals surface area contributed by atoms with Gasteiger partial charge in [-0.2, -0.15) is 12.6 Å². The summed E-state index contributed by atoms with van der Waals surface area (Å²) in [5, 5.41) is 0. The molecule has 0 aliphatic carbocycles. The van der Waals surface area contributed by atoms with E-state index in [1.807, 2.05) is 0 Å². The molecule has 0 unspecified atom stereocenters. The molecule has 3 heteroatoms. The highest BCUT2D eigenvalue weighted by Gasteiger charge is 2.20. The van der Waals surface area contributed by atoms with Crippen LogP contribution in [0.4, 0.5) is 0 Å². The van der Waals surface area contributed by atoms with E-state index in [0.717, 1.165) is 6.42 Å². The van der Waals surface area contributed by atoms with Crippen LogP contribution in [0.5, 0.6) is 0 Å². The molecule has 8 heavy (non-hydrogen) atoms. The van der Waals surface area contributed by atoms with Crippen LogP contribution in [0.1, 0.15) is 12.8 Å². The molecule has 0 radical (unpaired) electrons. The molecule has 0 bridgehead atoms. The van der Waals surface area contributed by atoms with Gasteiger partial charge < -0.3 is 4.74 Å². The molecule has 46 valence electrons. The minimum atomic E-state index is -0.0796. The SMILES string of the molecule is O=C1CC[C@H](CS)O1. The monoisotopic (exact) mass is 132 g/mol. The van der Waals surface area contributed by atoms with Gasteiger partial charge in [0.25, 0.3) is 0 Å². The summed E-state index contributed by atoms with van der Waals surface area (Å²) in [6, 6.07) is 0. The van der Waals surface area contributed by atoms with E-state index in [0.29, 0.717) is 12.2 Å². The normalized spacial score (nSPS) is 28.1. The van der Waals surface area contributed by atoms with E-state index in [1.165, 1.54) is 0 Å². The van der Waals surface area contributed by atoms with Crippen molar-refractivity contribution in [1.29, 1.82) is 0 Å². The highest BCUT2D eigenvalue weighted by atomic mass is 32.1. The standard InChI is InChI=1S/C5H8O2S/c6-5-2-1-4(3-8)7-5/h4,8H,1-3H2/t4-/m1/s1. The summed E-state index contributed by atoms with van der Waals surface area (Å²) < 4.78 is 4.80. The van der Waals surface area contributed by atoms with Gasteiger partial charge in [0.1, 0.15) is 6.10 Å². The molecule has 1 aliphatic heterocycles. The first kappa shape index (κ1) is 5.95. The first-order valence-electron chi connectivity index (χ1n) is 2.63. The van der Waals surface area contributed by atoms with Crippen molar-refractivity contribution < 1.29 is 9.53 Å². The highest BCUT2D eigenvalue weighted by molar-refractivity contribution is 7.80. The maximum atomic E-state index is 10.4. The van der Waals surface area contributed by atoms with Crippen molar-refractivity contribution >= 4 is 18.6 Å². The van der Waals surface area contributed by atoms with E-state index in [1.54, 1.807) is 0 Å². The van der Waals surface area contributed by atoms with Gasteiger partial charge in [-0.05, 0) is 6.42 Å². The van der Waals surface area contributed by atoms with Crippen LogP contribution in [-0.4, -0.2) is 17.8 Å². The van der Waals surface area contributed by atoms with Gasteiger partial charge in [-0.3, -0.25) is 4.79 Å². The molecular weight excluding hydrogens is 124 g/mol. The summed E-state index contributed by atoms with van der Waals surface area (Å²) in [4.78, 5) is 10.4. The van der Waals surface area contributed by atoms with Gasteiger partial charge in [0.2, 0.25) is 0 Å². The Kier molecular flexibility index (Phi) is 1.78. The van der Waals surface area contributed by atoms with Gasteiger partial charge in [0, 0.05) is 12.2 Å². The summed E-state index contributed by atoms with van der Waals surface area (Å²) in [5.41, 5.74) is 0. The van der Waals surface area contributed by atoms with Crippen molar-refractivity contribution in [3.63, 3.8) is 0 Å². The van der Waals surface area contributed by atoms with Crippen molar-refractivity contribution in [1.82, 2.24) is 0 Å². The third-order valence-electron chi connectivity index (χ3n) is 1.17. The summed E-state index contributed by atoms with van der Waals surface area (Å²) in [7, 11) is 0. The third-order valence-corrected chi connectivity index (χ3v) is 1.58.